The Morgan fingerprint density at radius 2 is 1.67 bits per heavy atom. The van der Waals surface area contributed by atoms with E-state index < -0.39 is 6.16 Å². The predicted octanol–water partition coefficient (Wildman–Crippen LogP) is 5.19. The summed E-state index contributed by atoms with van der Waals surface area (Å²) in [5.74, 6) is 0.701. The van der Waals surface area contributed by atoms with Gasteiger partial charge in [-0.3, -0.25) is 4.79 Å². The Balaban J connectivity index is 1.31. The zero-order chi connectivity index (χ0) is 23.0. The normalized spacial score (nSPS) is 10.5. The first kappa shape index (κ1) is 21.8. The van der Waals surface area contributed by atoms with Crippen LogP contribution >= 0.6 is 0 Å². The van der Waals surface area contributed by atoms with Crippen LogP contribution in [-0.2, 0) is 13.0 Å². The molecule has 4 rings (SSSR count). The van der Waals surface area contributed by atoms with Crippen molar-refractivity contribution in [2.45, 2.75) is 19.4 Å². The van der Waals surface area contributed by atoms with Crippen LogP contribution in [0.1, 0.15) is 28.2 Å². The summed E-state index contributed by atoms with van der Waals surface area (Å²) in [7, 11) is 0. The highest BCUT2D eigenvalue weighted by Gasteiger charge is 2.16. The maximum atomic E-state index is 12.5. The average Bonchev–Trinajstić information content (AvgIpc) is 3.33. The Bertz CT molecular complexity index is 1240. The maximum Gasteiger partial charge on any atom is 0.512 e. The summed E-state index contributed by atoms with van der Waals surface area (Å²) < 4.78 is 15.8. The largest absolute Gasteiger partial charge is 0.512 e. The van der Waals surface area contributed by atoms with E-state index in [4.69, 9.17) is 14.3 Å². The molecule has 8 nitrogen and oxygen atoms in total. The van der Waals surface area contributed by atoms with Gasteiger partial charge < -0.3 is 19.0 Å². The third-order valence-corrected chi connectivity index (χ3v) is 4.72. The number of aryl methyl sites for hydroxylation is 1. The van der Waals surface area contributed by atoms with E-state index in [0.29, 0.717) is 18.7 Å². The van der Waals surface area contributed by atoms with Crippen LogP contribution in [0.4, 0.5) is 4.79 Å². The number of ketones is 1. The second-order valence-electron chi connectivity index (χ2n) is 7.10. The lowest BCUT2D eigenvalue weighted by molar-refractivity contribution is 0.0950. The van der Waals surface area contributed by atoms with E-state index in [1.165, 1.54) is 12.3 Å². The number of ether oxygens (including phenoxy) is 2. The molecule has 2 heterocycles. The van der Waals surface area contributed by atoms with Gasteiger partial charge in [-0.15, -0.1) is 0 Å². The number of hydrogen-bond donors (Lipinski definition) is 1. The Morgan fingerprint density at radius 3 is 2.42 bits per heavy atom. The lowest BCUT2D eigenvalue weighted by Gasteiger charge is -2.07. The minimum Gasteiger partial charge on any atom is -0.489 e. The number of hydrogen-bond acceptors (Lipinski definition) is 7. The molecule has 0 unspecified atom stereocenters. The molecule has 8 heteroatoms. The van der Waals surface area contributed by atoms with Gasteiger partial charge in [0.2, 0.25) is 11.7 Å². The topological polar surface area (TPSA) is 112 Å². The van der Waals surface area contributed by atoms with Crippen molar-refractivity contribution in [2.24, 2.45) is 0 Å². The van der Waals surface area contributed by atoms with Crippen LogP contribution in [0.2, 0.25) is 0 Å². The van der Waals surface area contributed by atoms with Gasteiger partial charge in [-0.25, -0.2) is 14.8 Å². The predicted molar refractivity (Wildman–Crippen MR) is 118 cm³/mol. The molecule has 2 aromatic heterocycles. The Labute approximate surface area is 189 Å². The zero-order valence-electron chi connectivity index (χ0n) is 17.5. The number of para-hydroxylation sites is 1. The molecule has 0 atom stereocenters. The van der Waals surface area contributed by atoms with Crippen molar-refractivity contribution in [3.05, 3.63) is 96.0 Å². The van der Waals surface area contributed by atoms with E-state index in [2.05, 4.69) is 14.7 Å². The summed E-state index contributed by atoms with van der Waals surface area (Å²) in [6.45, 7) is 0.467. The maximum absolute atomic E-state index is 12.5. The third kappa shape index (κ3) is 6.04. The number of carboxylic acid groups (broad SMARTS) is 1. The van der Waals surface area contributed by atoms with Gasteiger partial charge in [0.1, 0.15) is 18.1 Å². The lowest BCUT2D eigenvalue weighted by atomic mass is 10.1. The molecule has 0 radical (unpaired) electrons. The fraction of sp³-hybridized carbons (Fsp3) is 0.120. The fourth-order valence-corrected chi connectivity index (χ4v) is 3.07. The van der Waals surface area contributed by atoms with Gasteiger partial charge in [-0.2, -0.15) is 0 Å². The summed E-state index contributed by atoms with van der Waals surface area (Å²) in [5, 5.41) is 8.70. The molecule has 0 saturated heterocycles. The molecule has 0 aliphatic carbocycles. The average molecular weight is 444 g/mol. The second kappa shape index (κ2) is 10.2. The van der Waals surface area contributed by atoms with Crippen LogP contribution in [0, 0.1) is 0 Å². The molecular weight excluding hydrogens is 424 g/mol. The number of Topliss-reactive ketones (excluding diaryl/α,β-unsaturated/α-hetero) is 1. The number of aromatic nitrogens is 2. The molecule has 2 aromatic carbocycles. The first-order valence-corrected chi connectivity index (χ1v) is 10.2. The fourth-order valence-electron chi connectivity index (χ4n) is 3.07. The van der Waals surface area contributed by atoms with E-state index in [1.54, 1.807) is 12.1 Å². The Hall–Kier alpha value is -4.46. The van der Waals surface area contributed by atoms with Crippen LogP contribution in [-0.4, -0.2) is 27.0 Å². The summed E-state index contributed by atoms with van der Waals surface area (Å²) in [6.07, 6.45) is 0.679. The first-order chi connectivity index (χ1) is 16.1. The van der Waals surface area contributed by atoms with Crippen molar-refractivity contribution in [3.63, 3.8) is 0 Å². The van der Waals surface area contributed by atoms with Crippen LogP contribution in [0.5, 0.6) is 11.6 Å². The SMILES string of the molecule is O=C(O)Oc1cccc(-c2cnc(C(=O)CCc3ccc(COc4ccccc4)cc3)o2)n1. The molecule has 0 aliphatic heterocycles. The van der Waals surface area contributed by atoms with Crippen LogP contribution in [0.3, 0.4) is 0 Å². The number of carbonyl (C=O) groups is 2. The van der Waals surface area contributed by atoms with Gasteiger partial charge in [0.15, 0.2) is 5.76 Å². The van der Waals surface area contributed by atoms with Gasteiger partial charge in [0, 0.05) is 12.5 Å². The molecule has 4 aromatic rings. The number of oxazole rings is 1. The molecule has 0 spiro atoms. The monoisotopic (exact) mass is 444 g/mol. The molecule has 33 heavy (non-hydrogen) atoms. The van der Waals surface area contributed by atoms with Crippen molar-refractivity contribution in [2.75, 3.05) is 0 Å². The third-order valence-electron chi connectivity index (χ3n) is 4.72. The van der Waals surface area contributed by atoms with E-state index in [0.717, 1.165) is 16.9 Å². The number of rotatable bonds is 9. The Kier molecular flexibility index (Phi) is 6.75. The van der Waals surface area contributed by atoms with Gasteiger partial charge in [-0.05, 0) is 35.7 Å². The second-order valence-corrected chi connectivity index (χ2v) is 7.10. The Morgan fingerprint density at radius 1 is 0.909 bits per heavy atom. The highest BCUT2D eigenvalue weighted by Crippen LogP contribution is 2.22. The number of benzene rings is 2. The van der Waals surface area contributed by atoms with E-state index in [1.807, 2.05) is 54.6 Å². The number of pyridine rings is 1. The smallest absolute Gasteiger partial charge is 0.489 e. The lowest BCUT2D eigenvalue weighted by Crippen LogP contribution is -2.04. The van der Waals surface area contributed by atoms with Crippen molar-refractivity contribution in [1.29, 1.82) is 0 Å². The molecule has 0 bridgehead atoms. The summed E-state index contributed by atoms with van der Waals surface area (Å²) in [4.78, 5) is 31.2. The molecule has 0 fully saturated rings. The van der Waals surface area contributed by atoms with Crippen LogP contribution in [0.15, 0.2) is 83.4 Å². The molecule has 0 aliphatic rings. The molecular formula is C25H20N2O6. The summed E-state index contributed by atoms with van der Waals surface area (Å²) in [5.41, 5.74) is 2.36. The molecule has 166 valence electrons. The van der Waals surface area contributed by atoms with Crippen molar-refractivity contribution < 1.29 is 28.6 Å². The highest BCUT2D eigenvalue weighted by molar-refractivity contribution is 5.92. The minimum atomic E-state index is -1.47. The quantitative estimate of drug-likeness (QED) is 0.277. The van der Waals surface area contributed by atoms with E-state index >= 15 is 0 Å². The first-order valence-electron chi connectivity index (χ1n) is 10.2. The number of nitrogens with zero attached hydrogens (tertiary/aromatic N) is 2. The summed E-state index contributed by atoms with van der Waals surface area (Å²) in [6, 6.07) is 22.1. The van der Waals surface area contributed by atoms with E-state index in [-0.39, 0.29) is 29.7 Å². The van der Waals surface area contributed by atoms with Gasteiger partial charge >= 0.3 is 6.16 Å². The number of carbonyl (C=O) groups excluding carboxylic acids is 1. The van der Waals surface area contributed by atoms with Gasteiger partial charge in [0.25, 0.3) is 5.89 Å². The van der Waals surface area contributed by atoms with Crippen LogP contribution in [0.25, 0.3) is 11.5 Å². The molecule has 1 N–H and O–H groups in total. The summed E-state index contributed by atoms with van der Waals surface area (Å²) >= 11 is 0. The highest BCUT2D eigenvalue weighted by atomic mass is 16.7. The van der Waals surface area contributed by atoms with E-state index in [9.17, 15) is 9.59 Å². The van der Waals surface area contributed by atoms with Crippen LogP contribution < -0.4 is 9.47 Å². The van der Waals surface area contributed by atoms with Crippen molar-refractivity contribution >= 4 is 11.9 Å². The van der Waals surface area contributed by atoms with Crippen molar-refractivity contribution in [3.8, 4) is 23.1 Å². The standard InChI is InChI=1S/C25H20N2O6/c28-21(24-26-15-22(32-24)20-7-4-8-23(27-20)33-25(29)30)14-13-17-9-11-18(12-10-17)16-31-19-5-2-1-3-6-19/h1-12,15H,13-14,16H2,(H,29,30). The molecule has 0 amide bonds. The van der Waals surface area contributed by atoms with Crippen molar-refractivity contribution in [1.82, 2.24) is 9.97 Å². The minimum absolute atomic E-state index is 0.0239. The molecule has 0 saturated carbocycles. The zero-order valence-corrected chi connectivity index (χ0v) is 17.5. The van der Waals surface area contributed by atoms with Gasteiger partial charge in [0.05, 0.1) is 6.20 Å². The van der Waals surface area contributed by atoms with Gasteiger partial charge in [-0.1, -0.05) is 48.5 Å².